The Morgan fingerprint density at radius 2 is 1.95 bits per heavy atom. The molecule has 0 aliphatic carbocycles. The van der Waals surface area contributed by atoms with Crippen LogP contribution in [0.15, 0.2) is 35.5 Å². The lowest BCUT2D eigenvalue weighted by Gasteiger charge is -2.30. The van der Waals surface area contributed by atoms with Gasteiger partial charge in [-0.15, -0.1) is 0 Å². The largest absolute Gasteiger partial charge is 0.463 e. The number of aryl methyl sites for hydroxylation is 1. The zero-order valence-corrected chi connectivity index (χ0v) is 12.8. The first kappa shape index (κ1) is 15.8. The van der Waals surface area contributed by atoms with Gasteiger partial charge in [0.1, 0.15) is 5.92 Å². The molecule has 5 nitrogen and oxygen atoms in total. The van der Waals surface area contributed by atoms with Gasteiger partial charge in [0.25, 0.3) is 0 Å². The van der Waals surface area contributed by atoms with E-state index >= 15 is 0 Å². The van der Waals surface area contributed by atoms with Crippen molar-refractivity contribution < 1.29 is 14.3 Å². The van der Waals surface area contributed by atoms with E-state index < -0.39 is 23.7 Å². The molecule has 1 aromatic rings. The van der Waals surface area contributed by atoms with Crippen LogP contribution in [0, 0.1) is 24.2 Å². The predicted octanol–water partition coefficient (Wildman–Crippen LogP) is 2.19. The number of hydrogen-bond donors (Lipinski definition) is 1. The van der Waals surface area contributed by atoms with Crippen molar-refractivity contribution in [2.75, 3.05) is 6.61 Å². The van der Waals surface area contributed by atoms with Crippen LogP contribution in [0.5, 0.6) is 0 Å². The Hall–Kier alpha value is -2.61. The molecule has 2 rings (SSSR count). The average Bonchev–Trinajstić information content (AvgIpc) is 2.47. The minimum absolute atomic E-state index is 0.237. The Kier molecular flexibility index (Phi) is 4.62. The number of benzene rings is 1. The van der Waals surface area contributed by atoms with Gasteiger partial charge in [-0.2, -0.15) is 5.26 Å². The highest BCUT2D eigenvalue weighted by atomic mass is 16.5. The molecule has 1 N–H and O–H groups in total. The number of carbonyl (C=O) groups excluding carboxylic acids is 2. The van der Waals surface area contributed by atoms with Crippen LogP contribution in [-0.4, -0.2) is 18.5 Å². The number of esters is 1. The van der Waals surface area contributed by atoms with Crippen LogP contribution in [0.3, 0.4) is 0 Å². The number of amides is 1. The third-order valence-corrected chi connectivity index (χ3v) is 3.71. The van der Waals surface area contributed by atoms with Gasteiger partial charge >= 0.3 is 5.97 Å². The molecule has 0 saturated carbocycles. The number of allylic oxidation sites excluding steroid dienone is 1. The highest BCUT2D eigenvalue weighted by Crippen LogP contribution is 2.37. The fourth-order valence-corrected chi connectivity index (χ4v) is 2.64. The first-order chi connectivity index (χ1) is 10.5. The van der Waals surface area contributed by atoms with Crippen LogP contribution in [0.2, 0.25) is 0 Å². The lowest BCUT2D eigenvalue weighted by atomic mass is 9.77. The van der Waals surface area contributed by atoms with Gasteiger partial charge in [-0.25, -0.2) is 4.79 Å². The van der Waals surface area contributed by atoms with Crippen molar-refractivity contribution >= 4 is 11.9 Å². The number of hydrogen-bond acceptors (Lipinski definition) is 4. The molecular weight excluding hydrogens is 280 g/mol. The minimum Gasteiger partial charge on any atom is -0.463 e. The molecule has 0 fully saturated rings. The summed E-state index contributed by atoms with van der Waals surface area (Å²) in [6.07, 6.45) is 0. The van der Waals surface area contributed by atoms with Crippen molar-refractivity contribution in [2.45, 2.75) is 26.7 Å². The number of ether oxygens (including phenoxy) is 1. The SMILES string of the molecule is CCOC(=O)C1=C(C)NC(=O)C(C#N)C1c1ccc(C)cc1. The Labute approximate surface area is 129 Å². The van der Waals surface area contributed by atoms with E-state index in [0.29, 0.717) is 11.3 Å². The third-order valence-electron chi connectivity index (χ3n) is 3.71. The maximum atomic E-state index is 12.3. The zero-order chi connectivity index (χ0) is 16.3. The van der Waals surface area contributed by atoms with Crippen LogP contribution >= 0.6 is 0 Å². The predicted molar refractivity (Wildman–Crippen MR) is 80.5 cm³/mol. The first-order valence-corrected chi connectivity index (χ1v) is 7.14. The lowest BCUT2D eigenvalue weighted by molar-refractivity contribution is -0.139. The monoisotopic (exact) mass is 298 g/mol. The normalized spacial score (nSPS) is 21.1. The Bertz CT molecular complexity index is 668. The van der Waals surface area contributed by atoms with Crippen LogP contribution in [0.25, 0.3) is 0 Å². The van der Waals surface area contributed by atoms with Crippen molar-refractivity contribution in [3.8, 4) is 6.07 Å². The minimum atomic E-state index is -0.953. The van der Waals surface area contributed by atoms with Gasteiger partial charge < -0.3 is 10.1 Å². The molecule has 1 aliphatic rings. The maximum Gasteiger partial charge on any atom is 0.336 e. The van der Waals surface area contributed by atoms with Crippen LogP contribution < -0.4 is 5.32 Å². The summed E-state index contributed by atoms with van der Waals surface area (Å²) in [5, 5.41) is 12.0. The summed E-state index contributed by atoms with van der Waals surface area (Å²) in [5.41, 5.74) is 2.61. The van der Waals surface area contributed by atoms with Crippen LogP contribution in [0.1, 0.15) is 30.9 Å². The highest BCUT2D eigenvalue weighted by molar-refractivity contribution is 5.97. The van der Waals surface area contributed by atoms with E-state index in [0.717, 1.165) is 11.1 Å². The summed E-state index contributed by atoms with van der Waals surface area (Å²) < 4.78 is 5.10. The summed E-state index contributed by atoms with van der Waals surface area (Å²) in [4.78, 5) is 24.4. The number of rotatable bonds is 3. The summed E-state index contributed by atoms with van der Waals surface area (Å²) in [6, 6.07) is 9.49. The number of carbonyl (C=O) groups is 2. The maximum absolute atomic E-state index is 12.3. The van der Waals surface area contributed by atoms with Gasteiger partial charge in [-0.05, 0) is 26.3 Å². The van der Waals surface area contributed by atoms with E-state index in [9.17, 15) is 14.9 Å². The molecule has 22 heavy (non-hydrogen) atoms. The summed E-state index contributed by atoms with van der Waals surface area (Å²) in [6.45, 7) is 5.56. The molecule has 5 heteroatoms. The van der Waals surface area contributed by atoms with E-state index in [-0.39, 0.29) is 6.61 Å². The molecule has 0 aromatic heterocycles. The topological polar surface area (TPSA) is 79.2 Å². The average molecular weight is 298 g/mol. The second-order valence-electron chi connectivity index (χ2n) is 5.24. The molecular formula is C17H18N2O3. The zero-order valence-electron chi connectivity index (χ0n) is 12.8. The van der Waals surface area contributed by atoms with Gasteiger partial charge in [0.05, 0.1) is 18.2 Å². The summed E-state index contributed by atoms with van der Waals surface area (Å²) in [5.74, 6) is -2.45. The van der Waals surface area contributed by atoms with E-state index in [1.54, 1.807) is 13.8 Å². The molecule has 0 radical (unpaired) electrons. The molecule has 1 aromatic carbocycles. The van der Waals surface area contributed by atoms with Crippen LogP contribution in [-0.2, 0) is 14.3 Å². The summed E-state index contributed by atoms with van der Waals surface area (Å²) in [7, 11) is 0. The van der Waals surface area contributed by atoms with E-state index in [1.807, 2.05) is 37.3 Å². The standard InChI is InChI=1S/C17H18N2O3/c1-4-22-17(21)14-11(3)19-16(20)13(9-18)15(14)12-7-5-10(2)6-8-12/h5-8,13,15H,4H2,1-3H3,(H,19,20). The van der Waals surface area contributed by atoms with E-state index in [1.165, 1.54) is 0 Å². The van der Waals surface area contributed by atoms with Crippen molar-refractivity contribution in [3.63, 3.8) is 0 Å². The van der Waals surface area contributed by atoms with E-state index in [2.05, 4.69) is 5.32 Å². The van der Waals surface area contributed by atoms with Gasteiger partial charge in [-0.1, -0.05) is 29.8 Å². The molecule has 114 valence electrons. The summed E-state index contributed by atoms with van der Waals surface area (Å²) >= 11 is 0. The molecule has 0 saturated heterocycles. The van der Waals surface area contributed by atoms with Gasteiger partial charge in [0, 0.05) is 11.6 Å². The Morgan fingerprint density at radius 3 is 2.50 bits per heavy atom. The smallest absolute Gasteiger partial charge is 0.336 e. The van der Waals surface area contributed by atoms with Crippen molar-refractivity contribution in [1.82, 2.24) is 5.32 Å². The Balaban J connectivity index is 2.57. The highest BCUT2D eigenvalue weighted by Gasteiger charge is 2.41. The van der Waals surface area contributed by atoms with Gasteiger partial charge in [0.2, 0.25) is 5.91 Å². The quantitative estimate of drug-likeness (QED) is 0.867. The van der Waals surface area contributed by atoms with Crippen molar-refractivity contribution in [2.24, 2.45) is 5.92 Å². The fourth-order valence-electron chi connectivity index (χ4n) is 2.64. The molecule has 0 bridgehead atoms. The molecule has 1 amide bonds. The lowest BCUT2D eigenvalue weighted by Crippen LogP contribution is -2.41. The molecule has 1 heterocycles. The number of nitrogens with zero attached hydrogens (tertiary/aromatic N) is 1. The van der Waals surface area contributed by atoms with E-state index in [4.69, 9.17) is 4.74 Å². The van der Waals surface area contributed by atoms with Crippen molar-refractivity contribution in [1.29, 1.82) is 5.26 Å². The van der Waals surface area contributed by atoms with Crippen molar-refractivity contribution in [3.05, 3.63) is 46.7 Å². The molecule has 2 atom stereocenters. The Morgan fingerprint density at radius 1 is 1.32 bits per heavy atom. The second kappa shape index (κ2) is 6.44. The third kappa shape index (κ3) is 2.86. The van der Waals surface area contributed by atoms with Gasteiger partial charge in [0.15, 0.2) is 0 Å². The van der Waals surface area contributed by atoms with Crippen LogP contribution in [0.4, 0.5) is 0 Å². The first-order valence-electron chi connectivity index (χ1n) is 7.14. The second-order valence-corrected chi connectivity index (χ2v) is 5.24. The number of nitriles is 1. The molecule has 2 unspecified atom stereocenters. The number of nitrogens with one attached hydrogen (secondary N) is 1. The van der Waals surface area contributed by atoms with Gasteiger partial charge in [-0.3, -0.25) is 4.79 Å². The fraction of sp³-hybridized carbons (Fsp3) is 0.353. The molecule has 1 aliphatic heterocycles. The molecule has 0 spiro atoms.